The van der Waals surface area contributed by atoms with E-state index < -0.39 is 16.1 Å². The molecule has 1 N–H and O–H groups in total. The van der Waals surface area contributed by atoms with E-state index in [-0.39, 0.29) is 11.7 Å². The van der Waals surface area contributed by atoms with Crippen molar-refractivity contribution < 1.29 is 17.9 Å². The summed E-state index contributed by atoms with van der Waals surface area (Å²) in [6.07, 6.45) is 12.5. The highest BCUT2D eigenvalue weighted by atomic mass is 32.2. The van der Waals surface area contributed by atoms with Crippen LogP contribution in [-0.4, -0.2) is 98.3 Å². The molecule has 2 aliphatic carbocycles. The van der Waals surface area contributed by atoms with Gasteiger partial charge in [-0.25, -0.2) is 14.4 Å². The molecule has 2 aliphatic heterocycles. The smallest absolute Gasteiger partial charge is 0.303 e. The first-order valence-corrected chi connectivity index (χ1v) is 17.5. The van der Waals surface area contributed by atoms with Gasteiger partial charge in [-0.05, 0) is 63.5 Å². The van der Waals surface area contributed by atoms with Gasteiger partial charge >= 0.3 is 10.2 Å². The Morgan fingerprint density at radius 3 is 2.36 bits per heavy atom. The molecule has 42 heavy (non-hydrogen) atoms. The Morgan fingerprint density at radius 1 is 1.00 bits per heavy atom. The van der Waals surface area contributed by atoms with Gasteiger partial charge in [-0.3, -0.25) is 9.69 Å². The number of hydrogen-bond acceptors (Lipinski definition) is 8. The summed E-state index contributed by atoms with van der Waals surface area (Å²) in [5.41, 5.74) is 2.98. The van der Waals surface area contributed by atoms with Crippen LogP contribution in [0, 0.1) is 5.92 Å². The Balaban J connectivity index is 1.33. The number of nitrogens with one attached hydrogen (secondary N) is 1. The molecule has 232 valence electrons. The van der Waals surface area contributed by atoms with Crippen LogP contribution in [0.15, 0.2) is 6.07 Å². The minimum Gasteiger partial charge on any atom is -0.379 e. The Kier molecular flexibility index (Phi) is 9.04. The Bertz CT molecular complexity index is 1350. The molecular formula is C30H47N7O4S. The van der Waals surface area contributed by atoms with Gasteiger partial charge in [0.1, 0.15) is 5.69 Å². The topological polar surface area (TPSA) is 113 Å². The predicted octanol–water partition coefficient (Wildman–Crippen LogP) is 3.68. The molecule has 2 saturated carbocycles. The zero-order chi connectivity index (χ0) is 29.3. The van der Waals surface area contributed by atoms with Crippen molar-refractivity contribution in [3.05, 3.63) is 17.5 Å². The maximum absolute atomic E-state index is 13.4. The lowest BCUT2D eigenvalue weighted by Gasteiger charge is -2.36. The number of nitrogens with zero attached hydrogens (tertiary/aromatic N) is 6. The van der Waals surface area contributed by atoms with E-state index in [4.69, 9.17) is 14.8 Å². The summed E-state index contributed by atoms with van der Waals surface area (Å²) < 4.78 is 35.9. The predicted molar refractivity (Wildman–Crippen MR) is 163 cm³/mol. The minimum atomic E-state index is -3.95. The average Bonchev–Trinajstić information content (AvgIpc) is 3.34. The van der Waals surface area contributed by atoms with Gasteiger partial charge in [-0.2, -0.15) is 17.8 Å². The number of amides is 1. The molecule has 2 saturated heterocycles. The number of morpholine rings is 1. The van der Waals surface area contributed by atoms with Crippen molar-refractivity contribution in [3.8, 4) is 0 Å². The number of aromatic nitrogens is 3. The molecular weight excluding hydrogens is 554 g/mol. The summed E-state index contributed by atoms with van der Waals surface area (Å²) >= 11 is 0. The number of pyridine rings is 1. The zero-order valence-electron chi connectivity index (χ0n) is 25.3. The molecule has 4 heterocycles. The van der Waals surface area contributed by atoms with Gasteiger partial charge in [0.15, 0.2) is 5.65 Å². The number of hydrogen-bond donors (Lipinski definition) is 1. The highest BCUT2D eigenvalue weighted by Gasteiger charge is 2.33. The van der Waals surface area contributed by atoms with Crippen LogP contribution >= 0.6 is 0 Å². The second-order valence-electron chi connectivity index (χ2n) is 12.9. The van der Waals surface area contributed by atoms with Crippen molar-refractivity contribution in [2.75, 3.05) is 64.9 Å². The van der Waals surface area contributed by atoms with Crippen molar-refractivity contribution in [1.82, 2.24) is 28.7 Å². The standard InChI is InChI=1S/C30H47N7O4S/c1-34(2)42(39,40)33-30(38)25-21-26(36-15-12-22(13-16-36)11-14-35-17-19-41-20-18-35)27-28(23-7-6-8-23)32-37(29(27)31-25)24-9-4-3-5-10-24/h21-24H,3-20H2,1-2H3,(H,33,38). The number of fused-ring (bicyclic) bond motifs is 1. The molecule has 0 unspecified atom stereocenters. The molecule has 2 aromatic rings. The summed E-state index contributed by atoms with van der Waals surface area (Å²) in [4.78, 5) is 23.2. The summed E-state index contributed by atoms with van der Waals surface area (Å²) in [6.45, 7) is 6.65. The lowest BCUT2D eigenvalue weighted by atomic mass is 9.81. The molecule has 12 heteroatoms. The Hall–Kier alpha value is -2.28. The molecule has 4 aliphatic rings. The largest absolute Gasteiger partial charge is 0.379 e. The normalized spacial score (nSPS) is 22.1. The van der Waals surface area contributed by atoms with Crippen LogP contribution in [0.2, 0.25) is 0 Å². The third-order valence-corrected chi connectivity index (χ3v) is 11.3. The maximum atomic E-state index is 13.4. The monoisotopic (exact) mass is 601 g/mol. The fraction of sp³-hybridized carbons (Fsp3) is 0.767. The van der Waals surface area contributed by atoms with Crippen LogP contribution in [0.3, 0.4) is 0 Å². The SMILES string of the molecule is CN(C)S(=O)(=O)NC(=O)c1cc(N2CCC(CCN3CCOCC3)CC2)c2c(C3CCC3)nn(C3CCCCC3)c2n1. The highest BCUT2D eigenvalue weighted by molar-refractivity contribution is 7.87. The van der Waals surface area contributed by atoms with E-state index >= 15 is 0 Å². The lowest BCUT2D eigenvalue weighted by molar-refractivity contribution is 0.0349. The first kappa shape index (κ1) is 29.8. The van der Waals surface area contributed by atoms with Crippen LogP contribution < -0.4 is 9.62 Å². The van der Waals surface area contributed by atoms with Crippen molar-refractivity contribution in [3.63, 3.8) is 0 Å². The summed E-state index contributed by atoms with van der Waals surface area (Å²) in [5, 5.41) is 6.32. The second-order valence-corrected chi connectivity index (χ2v) is 14.8. The third kappa shape index (κ3) is 6.32. The van der Waals surface area contributed by atoms with Crippen LogP contribution in [0.4, 0.5) is 5.69 Å². The second kappa shape index (κ2) is 12.8. The van der Waals surface area contributed by atoms with E-state index in [2.05, 4.69) is 19.2 Å². The highest BCUT2D eigenvalue weighted by Crippen LogP contribution is 2.44. The van der Waals surface area contributed by atoms with E-state index in [1.54, 1.807) is 0 Å². The van der Waals surface area contributed by atoms with Crippen LogP contribution in [0.25, 0.3) is 11.0 Å². The van der Waals surface area contributed by atoms with Gasteiger partial charge in [0.25, 0.3) is 5.91 Å². The lowest BCUT2D eigenvalue weighted by Crippen LogP contribution is -2.40. The molecule has 4 fully saturated rings. The fourth-order valence-electron chi connectivity index (χ4n) is 6.97. The van der Waals surface area contributed by atoms with Crippen molar-refractivity contribution >= 4 is 32.8 Å². The number of carbonyl (C=O) groups excluding carboxylic acids is 1. The third-order valence-electron chi connectivity index (χ3n) is 9.93. The number of carbonyl (C=O) groups is 1. The summed E-state index contributed by atoms with van der Waals surface area (Å²) in [5.74, 6) is 0.386. The Labute approximate surface area is 250 Å². The molecule has 0 spiro atoms. The summed E-state index contributed by atoms with van der Waals surface area (Å²) in [6, 6.07) is 2.08. The van der Waals surface area contributed by atoms with Gasteiger partial charge in [-0.1, -0.05) is 25.7 Å². The number of rotatable bonds is 9. The van der Waals surface area contributed by atoms with Crippen LogP contribution in [-0.2, 0) is 14.9 Å². The van der Waals surface area contributed by atoms with Crippen molar-refractivity contribution in [2.45, 2.75) is 82.6 Å². The maximum Gasteiger partial charge on any atom is 0.303 e. The quantitative estimate of drug-likeness (QED) is 0.463. The van der Waals surface area contributed by atoms with Crippen LogP contribution in [0.1, 0.15) is 98.8 Å². The van der Waals surface area contributed by atoms with Crippen molar-refractivity contribution in [2.24, 2.45) is 5.92 Å². The van der Waals surface area contributed by atoms with Gasteiger partial charge in [0, 0.05) is 46.2 Å². The molecule has 6 rings (SSSR count). The summed E-state index contributed by atoms with van der Waals surface area (Å²) in [7, 11) is -1.13. The van der Waals surface area contributed by atoms with Gasteiger partial charge in [-0.15, -0.1) is 0 Å². The van der Waals surface area contributed by atoms with E-state index in [1.807, 2.05) is 6.07 Å². The van der Waals surface area contributed by atoms with E-state index in [0.717, 1.165) is 124 Å². The van der Waals surface area contributed by atoms with Crippen molar-refractivity contribution in [1.29, 1.82) is 0 Å². The Morgan fingerprint density at radius 2 is 1.71 bits per heavy atom. The first-order chi connectivity index (χ1) is 20.3. The molecule has 0 aromatic carbocycles. The molecule has 0 atom stereocenters. The number of ether oxygens (including phenoxy) is 1. The van der Waals surface area contributed by atoms with Gasteiger partial charge in [0.05, 0.1) is 36.0 Å². The molecule has 2 aromatic heterocycles. The van der Waals surface area contributed by atoms with E-state index in [1.165, 1.54) is 33.4 Å². The molecule has 0 radical (unpaired) electrons. The molecule has 0 bridgehead atoms. The average molecular weight is 602 g/mol. The van der Waals surface area contributed by atoms with Crippen LogP contribution in [0.5, 0.6) is 0 Å². The van der Waals surface area contributed by atoms with Gasteiger partial charge in [0.2, 0.25) is 0 Å². The number of anilines is 1. The zero-order valence-corrected chi connectivity index (χ0v) is 26.1. The molecule has 1 amide bonds. The van der Waals surface area contributed by atoms with E-state index in [0.29, 0.717) is 11.8 Å². The molecule has 11 nitrogen and oxygen atoms in total. The fourth-order valence-corrected chi connectivity index (χ4v) is 7.49. The van der Waals surface area contributed by atoms with E-state index in [9.17, 15) is 13.2 Å². The number of piperidine rings is 1. The minimum absolute atomic E-state index is 0.134. The first-order valence-electron chi connectivity index (χ1n) is 16.0. The van der Waals surface area contributed by atoms with Gasteiger partial charge < -0.3 is 9.64 Å².